The van der Waals surface area contributed by atoms with E-state index in [-0.39, 0.29) is 12.3 Å². The maximum absolute atomic E-state index is 11.1. The SMILES string of the molecule is N#CCC(=O)Nc1cc(Br)ccc1Br. The van der Waals surface area contributed by atoms with Crippen LogP contribution in [0.25, 0.3) is 0 Å². The lowest BCUT2D eigenvalue weighted by molar-refractivity contribution is -0.115. The minimum absolute atomic E-state index is 0.140. The highest BCUT2D eigenvalue weighted by Gasteiger charge is 2.04. The van der Waals surface area contributed by atoms with Crippen LogP contribution in [0.15, 0.2) is 27.1 Å². The number of nitrogens with one attached hydrogen (secondary N) is 1. The summed E-state index contributed by atoms with van der Waals surface area (Å²) < 4.78 is 1.65. The molecule has 72 valence electrons. The lowest BCUT2D eigenvalue weighted by Gasteiger charge is -2.05. The molecule has 3 nitrogen and oxygen atoms in total. The van der Waals surface area contributed by atoms with Crippen LogP contribution in [0.3, 0.4) is 0 Å². The van der Waals surface area contributed by atoms with Gasteiger partial charge in [0.15, 0.2) is 0 Å². The number of hydrogen-bond donors (Lipinski definition) is 1. The summed E-state index contributed by atoms with van der Waals surface area (Å²) in [6, 6.07) is 7.21. The van der Waals surface area contributed by atoms with Gasteiger partial charge in [-0.2, -0.15) is 5.26 Å². The van der Waals surface area contributed by atoms with Crippen molar-refractivity contribution < 1.29 is 4.79 Å². The molecule has 0 radical (unpaired) electrons. The predicted molar refractivity (Wildman–Crippen MR) is 60.7 cm³/mol. The Balaban J connectivity index is 2.81. The minimum Gasteiger partial charge on any atom is -0.324 e. The average molecular weight is 318 g/mol. The van der Waals surface area contributed by atoms with E-state index in [9.17, 15) is 4.79 Å². The summed E-state index contributed by atoms with van der Waals surface area (Å²) in [5.74, 6) is -0.314. The fourth-order valence-electron chi connectivity index (χ4n) is 0.859. The molecule has 0 aliphatic carbocycles. The van der Waals surface area contributed by atoms with Crippen molar-refractivity contribution in [2.75, 3.05) is 5.32 Å². The van der Waals surface area contributed by atoms with Crippen molar-refractivity contribution in [1.29, 1.82) is 5.26 Å². The molecule has 0 aliphatic heterocycles. The average Bonchev–Trinajstić information content (AvgIpc) is 2.12. The Labute approximate surface area is 98.4 Å². The summed E-state index contributed by atoms with van der Waals surface area (Å²) >= 11 is 6.58. The zero-order valence-electron chi connectivity index (χ0n) is 7.05. The first-order chi connectivity index (χ1) is 6.63. The molecule has 1 amide bonds. The number of halogens is 2. The molecule has 0 fully saturated rings. The van der Waals surface area contributed by atoms with Gasteiger partial charge in [0.2, 0.25) is 5.91 Å². The molecule has 5 heteroatoms. The third-order valence-electron chi connectivity index (χ3n) is 1.44. The molecule has 1 rings (SSSR count). The second kappa shape index (κ2) is 5.13. The van der Waals surface area contributed by atoms with E-state index in [0.717, 1.165) is 8.95 Å². The molecule has 1 aromatic rings. The summed E-state index contributed by atoms with van der Waals surface area (Å²) in [5, 5.41) is 10.9. The van der Waals surface area contributed by atoms with Crippen molar-refractivity contribution in [1.82, 2.24) is 0 Å². The number of benzene rings is 1. The second-order valence-electron chi connectivity index (χ2n) is 2.51. The molecule has 0 saturated heterocycles. The first kappa shape index (κ1) is 11.2. The number of carbonyl (C=O) groups excluding carboxylic acids is 1. The van der Waals surface area contributed by atoms with Crippen LogP contribution in [-0.2, 0) is 4.79 Å². The van der Waals surface area contributed by atoms with Gasteiger partial charge in [-0.1, -0.05) is 15.9 Å². The Morgan fingerprint density at radius 2 is 2.21 bits per heavy atom. The van der Waals surface area contributed by atoms with Crippen molar-refractivity contribution in [3.8, 4) is 6.07 Å². The van der Waals surface area contributed by atoms with E-state index in [1.165, 1.54) is 0 Å². The van der Waals surface area contributed by atoms with Gasteiger partial charge in [-0.05, 0) is 34.1 Å². The molecular formula is C9H6Br2N2O. The Hall–Kier alpha value is -0.860. The van der Waals surface area contributed by atoms with Gasteiger partial charge in [-0.3, -0.25) is 4.79 Å². The standard InChI is InChI=1S/C9H6Br2N2O/c10-6-1-2-7(11)8(5-6)13-9(14)3-4-12/h1-2,5H,3H2,(H,13,14). The first-order valence-corrected chi connectivity index (χ1v) is 5.34. The molecule has 0 atom stereocenters. The normalized spacial score (nSPS) is 9.21. The summed E-state index contributed by atoms with van der Waals surface area (Å²) in [6.07, 6.45) is -0.140. The van der Waals surface area contributed by atoms with Gasteiger partial charge >= 0.3 is 0 Å². The van der Waals surface area contributed by atoms with E-state index in [4.69, 9.17) is 5.26 Å². The lowest BCUT2D eigenvalue weighted by atomic mass is 10.3. The Kier molecular flexibility index (Phi) is 4.11. The quantitative estimate of drug-likeness (QED) is 0.911. The summed E-state index contributed by atoms with van der Waals surface area (Å²) in [6.45, 7) is 0. The van der Waals surface area contributed by atoms with E-state index in [2.05, 4.69) is 37.2 Å². The van der Waals surface area contributed by atoms with Crippen LogP contribution in [0.5, 0.6) is 0 Å². The fraction of sp³-hybridized carbons (Fsp3) is 0.111. The van der Waals surface area contributed by atoms with Gasteiger partial charge in [-0.25, -0.2) is 0 Å². The van der Waals surface area contributed by atoms with Gasteiger partial charge in [0, 0.05) is 8.95 Å². The molecule has 1 aromatic carbocycles. The number of nitriles is 1. The number of hydrogen-bond acceptors (Lipinski definition) is 2. The van der Waals surface area contributed by atoms with Crippen molar-refractivity contribution in [3.63, 3.8) is 0 Å². The monoisotopic (exact) mass is 316 g/mol. The molecule has 0 bridgehead atoms. The Bertz CT molecular complexity index is 398. The van der Waals surface area contributed by atoms with Crippen LogP contribution in [0.1, 0.15) is 6.42 Å². The molecule has 0 heterocycles. The van der Waals surface area contributed by atoms with Crippen LogP contribution >= 0.6 is 31.9 Å². The van der Waals surface area contributed by atoms with Gasteiger partial charge in [-0.15, -0.1) is 0 Å². The number of carbonyl (C=O) groups is 1. The van der Waals surface area contributed by atoms with Crippen molar-refractivity contribution >= 4 is 43.5 Å². The van der Waals surface area contributed by atoms with Crippen LogP contribution in [0, 0.1) is 11.3 Å². The van der Waals surface area contributed by atoms with Crippen molar-refractivity contribution in [2.24, 2.45) is 0 Å². The predicted octanol–water partition coefficient (Wildman–Crippen LogP) is 3.06. The van der Waals surface area contributed by atoms with Gasteiger partial charge < -0.3 is 5.32 Å². The topological polar surface area (TPSA) is 52.9 Å². The van der Waals surface area contributed by atoms with Gasteiger partial charge in [0.1, 0.15) is 6.42 Å². The highest BCUT2D eigenvalue weighted by molar-refractivity contribution is 9.11. The maximum atomic E-state index is 11.1. The van der Waals surface area contributed by atoms with E-state index < -0.39 is 0 Å². The molecule has 0 spiro atoms. The van der Waals surface area contributed by atoms with Crippen LogP contribution in [0.4, 0.5) is 5.69 Å². The first-order valence-electron chi connectivity index (χ1n) is 3.75. The van der Waals surface area contributed by atoms with Crippen LogP contribution < -0.4 is 5.32 Å². The summed E-state index contributed by atoms with van der Waals surface area (Å²) in [7, 11) is 0. The molecule has 0 aliphatic rings. The highest BCUT2D eigenvalue weighted by Crippen LogP contribution is 2.26. The zero-order chi connectivity index (χ0) is 10.6. The highest BCUT2D eigenvalue weighted by atomic mass is 79.9. The minimum atomic E-state index is -0.314. The molecule has 0 aromatic heterocycles. The second-order valence-corrected chi connectivity index (χ2v) is 4.28. The molecule has 0 saturated carbocycles. The molecule has 0 unspecified atom stereocenters. The number of rotatable bonds is 2. The summed E-state index contributed by atoms with van der Waals surface area (Å²) in [5.41, 5.74) is 0.652. The van der Waals surface area contributed by atoms with E-state index >= 15 is 0 Å². The van der Waals surface area contributed by atoms with E-state index in [1.807, 2.05) is 12.1 Å². The fourth-order valence-corrected chi connectivity index (χ4v) is 1.57. The smallest absolute Gasteiger partial charge is 0.238 e. The largest absolute Gasteiger partial charge is 0.324 e. The maximum Gasteiger partial charge on any atom is 0.238 e. The van der Waals surface area contributed by atoms with Crippen molar-refractivity contribution in [2.45, 2.75) is 6.42 Å². The summed E-state index contributed by atoms with van der Waals surface area (Å²) in [4.78, 5) is 11.1. The Morgan fingerprint density at radius 1 is 1.50 bits per heavy atom. The molecule has 14 heavy (non-hydrogen) atoms. The van der Waals surface area contributed by atoms with Crippen LogP contribution in [0.2, 0.25) is 0 Å². The number of nitrogens with zero attached hydrogens (tertiary/aromatic N) is 1. The molecule has 1 N–H and O–H groups in total. The molecular weight excluding hydrogens is 312 g/mol. The third kappa shape index (κ3) is 3.13. The third-order valence-corrected chi connectivity index (χ3v) is 2.63. The van der Waals surface area contributed by atoms with Crippen LogP contribution in [-0.4, -0.2) is 5.91 Å². The lowest BCUT2D eigenvalue weighted by Crippen LogP contribution is -2.10. The zero-order valence-corrected chi connectivity index (χ0v) is 10.2. The van der Waals surface area contributed by atoms with E-state index in [1.54, 1.807) is 12.1 Å². The number of amides is 1. The number of anilines is 1. The van der Waals surface area contributed by atoms with Crippen molar-refractivity contribution in [3.05, 3.63) is 27.1 Å². The van der Waals surface area contributed by atoms with Gasteiger partial charge in [0.25, 0.3) is 0 Å². The van der Waals surface area contributed by atoms with Gasteiger partial charge in [0.05, 0.1) is 11.8 Å². The Morgan fingerprint density at radius 3 is 2.86 bits per heavy atom. The van der Waals surface area contributed by atoms with E-state index in [0.29, 0.717) is 5.69 Å².